The zero-order chi connectivity index (χ0) is 44.5. The first-order valence-corrected chi connectivity index (χ1v) is 22.4. The number of anilines is 5. The van der Waals surface area contributed by atoms with Gasteiger partial charge in [0.1, 0.15) is 0 Å². The third-order valence-electron chi connectivity index (χ3n) is 12.7. The molecule has 1 saturated carbocycles. The van der Waals surface area contributed by atoms with Crippen molar-refractivity contribution in [3.63, 3.8) is 0 Å². The Morgan fingerprint density at radius 2 is 1.06 bits per heavy atom. The van der Waals surface area contributed by atoms with Crippen LogP contribution in [-0.2, 0) is 31.9 Å². The molecule has 0 N–H and O–H groups in total. The fraction of sp³-hybridized carbons (Fsp3) is 0.357. The van der Waals surface area contributed by atoms with Crippen molar-refractivity contribution in [2.24, 2.45) is 11.8 Å². The van der Waals surface area contributed by atoms with Crippen molar-refractivity contribution >= 4 is 40.4 Å². The average molecular weight is 831 g/mol. The van der Waals surface area contributed by atoms with E-state index < -0.39 is 0 Å². The molecule has 6 heteroatoms. The Bertz CT molecular complexity index is 2380. The van der Waals surface area contributed by atoms with Crippen molar-refractivity contribution < 1.29 is 19.1 Å². The topological polar surface area (TPSA) is 59.1 Å². The molecule has 1 aliphatic carbocycles. The Kier molecular flexibility index (Phi) is 15.3. The monoisotopic (exact) mass is 831 g/mol. The second kappa shape index (κ2) is 20.8. The number of ether oxygens (including phenoxy) is 2. The van der Waals surface area contributed by atoms with Crippen LogP contribution in [0.2, 0.25) is 0 Å². The SMILES string of the molecule is C=C(C)C(=O)OCCCc1ccc(N(c2ccc(C)c(C)c2)c2ccc(-c3ccc(N(c4ccc(CCCOC(=O)C(=C)C)cc4)C4CCC(C)C(C)C4)c(C)c3)cc2C)cc1. The smallest absolute Gasteiger partial charge is 0.333 e. The van der Waals surface area contributed by atoms with Crippen LogP contribution in [0.1, 0.15) is 93.2 Å². The number of benzene rings is 5. The van der Waals surface area contributed by atoms with Crippen LogP contribution in [0.3, 0.4) is 0 Å². The van der Waals surface area contributed by atoms with E-state index in [0.29, 0.717) is 36.3 Å². The van der Waals surface area contributed by atoms with Crippen LogP contribution in [0, 0.1) is 39.5 Å². The standard InChI is InChI=1S/C56H66N2O4/c1-37(2)55(59)61-31-11-13-45-17-25-49(26-18-45)57(51-23-15-39(5)41(7)35-51)53-29-21-47(33-43(53)9)48-22-30-54(44(10)34-48)58(52-24-16-40(6)42(8)36-52)50-27-19-46(20-28-50)14-12-32-62-56(60)38(3)4/h15,17-23,25-30,33-35,40,42,52H,1,3,11-14,16,24,31-32,36H2,2,4-10H3. The van der Waals surface area contributed by atoms with Gasteiger partial charge in [-0.25, -0.2) is 9.59 Å². The van der Waals surface area contributed by atoms with Gasteiger partial charge in [-0.2, -0.15) is 0 Å². The van der Waals surface area contributed by atoms with Crippen molar-refractivity contribution in [3.8, 4) is 11.1 Å². The van der Waals surface area contributed by atoms with Crippen LogP contribution in [0.5, 0.6) is 0 Å². The quantitative estimate of drug-likeness (QED) is 0.0528. The maximum Gasteiger partial charge on any atom is 0.333 e. The van der Waals surface area contributed by atoms with Gasteiger partial charge in [-0.1, -0.05) is 69.5 Å². The first kappa shape index (κ1) is 45.6. The fourth-order valence-corrected chi connectivity index (χ4v) is 8.55. The van der Waals surface area contributed by atoms with Crippen LogP contribution in [0.25, 0.3) is 11.1 Å². The molecule has 0 radical (unpaired) electrons. The zero-order valence-electron chi connectivity index (χ0n) is 38.4. The summed E-state index contributed by atoms with van der Waals surface area (Å²) >= 11 is 0. The summed E-state index contributed by atoms with van der Waals surface area (Å²) in [5.41, 5.74) is 16.4. The molecule has 5 aromatic rings. The predicted molar refractivity (Wildman–Crippen MR) is 258 cm³/mol. The number of carbonyl (C=O) groups excluding carboxylic acids is 2. The Morgan fingerprint density at radius 1 is 0.565 bits per heavy atom. The van der Waals surface area contributed by atoms with Gasteiger partial charge in [0.2, 0.25) is 0 Å². The summed E-state index contributed by atoms with van der Waals surface area (Å²) in [6.45, 7) is 25.1. The number of rotatable bonds is 17. The third-order valence-corrected chi connectivity index (χ3v) is 12.7. The molecule has 0 amide bonds. The lowest BCUT2D eigenvalue weighted by Gasteiger charge is -2.41. The lowest BCUT2D eigenvalue weighted by atomic mass is 9.78. The fourth-order valence-electron chi connectivity index (χ4n) is 8.55. The summed E-state index contributed by atoms with van der Waals surface area (Å²) in [5.74, 6) is 0.723. The highest BCUT2D eigenvalue weighted by Crippen LogP contribution is 2.42. The van der Waals surface area contributed by atoms with Gasteiger partial charge in [-0.15, -0.1) is 0 Å². The van der Waals surface area contributed by atoms with E-state index >= 15 is 0 Å². The molecule has 6 rings (SSSR count). The second-order valence-corrected chi connectivity index (χ2v) is 17.8. The predicted octanol–water partition coefficient (Wildman–Crippen LogP) is 14.1. The molecule has 324 valence electrons. The minimum atomic E-state index is -0.336. The van der Waals surface area contributed by atoms with Crippen LogP contribution in [-0.4, -0.2) is 31.2 Å². The molecule has 0 bridgehead atoms. The Morgan fingerprint density at radius 3 is 1.55 bits per heavy atom. The summed E-state index contributed by atoms with van der Waals surface area (Å²) in [5, 5.41) is 0. The minimum Gasteiger partial charge on any atom is -0.462 e. The van der Waals surface area contributed by atoms with Gasteiger partial charge < -0.3 is 19.3 Å². The molecule has 0 spiro atoms. The first-order chi connectivity index (χ1) is 29.7. The summed E-state index contributed by atoms with van der Waals surface area (Å²) in [4.78, 5) is 28.6. The maximum atomic E-state index is 11.8. The van der Waals surface area contributed by atoms with E-state index in [0.717, 1.165) is 61.5 Å². The molecule has 62 heavy (non-hydrogen) atoms. The largest absolute Gasteiger partial charge is 0.462 e. The van der Waals surface area contributed by atoms with E-state index in [1.165, 1.54) is 62.3 Å². The van der Waals surface area contributed by atoms with E-state index in [4.69, 9.17) is 9.47 Å². The van der Waals surface area contributed by atoms with Crippen molar-refractivity contribution in [2.75, 3.05) is 23.0 Å². The first-order valence-electron chi connectivity index (χ1n) is 22.4. The molecule has 1 aliphatic rings. The average Bonchev–Trinajstić information content (AvgIpc) is 3.25. The highest BCUT2D eigenvalue weighted by molar-refractivity contribution is 5.87. The number of aryl methyl sites for hydroxylation is 6. The highest BCUT2D eigenvalue weighted by Gasteiger charge is 2.30. The van der Waals surface area contributed by atoms with Crippen molar-refractivity contribution in [1.82, 2.24) is 0 Å². The van der Waals surface area contributed by atoms with Crippen molar-refractivity contribution in [2.45, 2.75) is 106 Å². The van der Waals surface area contributed by atoms with E-state index in [1.807, 2.05) is 0 Å². The van der Waals surface area contributed by atoms with Gasteiger partial charge in [0.15, 0.2) is 0 Å². The molecule has 0 saturated heterocycles. The lowest BCUT2D eigenvalue weighted by Crippen LogP contribution is -2.37. The zero-order valence-corrected chi connectivity index (χ0v) is 38.4. The maximum absolute atomic E-state index is 11.8. The van der Waals surface area contributed by atoms with Gasteiger partial charge >= 0.3 is 11.9 Å². The number of esters is 2. The lowest BCUT2D eigenvalue weighted by molar-refractivity contribution is -0.139. The van der Waals surface area contributed by atoms with E-state index in [1.54, 1.807) is 13.8 Å². The van der Waals surface area contributed by atoms with E-state index in [9.17, 15) is 9.59 Å². The van der Waals surface area contributed by atoms with Gasteiger partial charge in [0.25, 0.3) is 0 Å². The molecule has 3 atom stereocenters. The molecule has 6 nitrogen and oxygen atoms in total. The molecular formula is C56H66N2O4. The van der Waals surface area contributed by atoms with Crippen LogP contribution >= 0.6 is 0 Å². The summed E-state index contributed by atoms with van der Waals surface area (Å²) in [6.07, 6.45) is 6.74. The summed E-state index contributed by atoms with van der Waals surface area (Å²) < 4.78 is 10.6. The molecule has 1 fully saturated rings. The molecule has 3 unspecified atom stereocenters. The number of carbonyl (C=O) groups is 2. The Labute approximate surface area is 371 Å². The molecule has 0 heterocycles. The minimum absolute atomic E-state index is 0.326. The van der Waals surface area contributed by atoms with Gasteiger partial charge in [0.05, 0.1) is 13.2 Å². The van der Waals surface area contributed by atoms with Crippen molar-refractivity contribution in [3.05, 3.63) is 161 Å². The molecule has 0 aromatic heterocycles. The molecule has 0 aliphatic heterocycles. The third kappa shape index (κ3) is 11.3. The number of hydrogen-bond acceptors (Lipinski definition) is 6. The normalized spacial score (nSPS) is 16.0. The number of hydrogen-bond donors (Lipinski definition) is 0. The van der Waals surface area contributed by atoms with Gasteiger partial charge in [0, 0.05) is 45.6 Å². The van der Waals surface area contributed by atoms with Crippen LogP contribution < -0.4 is 9.80 Å². The summed E-state index contributed by atoms with van der Waals surface area (Å²) in [6, 6.07) is 38.6. The van der Waals surface area contributed by atoms with Gasteiger partial charge in [-0.05, 0) is 203 Å². The summed E-state index contributed by atoms with van der Waals surface area (Å²) in [7, 11) is 0. The second-order valence-electron chi connectivity index (χ2n) is 17.8. The Hall–Kier alpha value is -5.88. The van der Waals surface area contributed by atoms with Crippen molar-refractivity contribution in [1.29, 1.82) is 0 Å². The van der Waals surface area contributed by atoms with Gasteiger partial charge in [-0.3, -0.25) is 0 Å². The molecular weight excluding hydrogens is 765 g/mol. The van der Waals surface area contributed by atoms with E-state index in [2.05, 4.69) is 168 Å². The van der Waals surface area contributed by atoms with Crippen LogP contribution in [0.4, 0.5) is 28.4 Å². The van der Waals surface area contributed by atoms with Crippen LogP contribution in [0.15, 0.2) is 127 Å². The highest BCUT2D eigenvalue weighted by atomic mass is 16.5. The van der Waals surface area contributed by atoms with E-state index in [-0.39, 0.29) is 11.9 Å². The number of nitrogens with zero attached hydrogens (tertiary/aromatic N) is 2. The molecule has 5 aromatic carbocycles. The Balaban J connectivity index is 1.25.